The standard InChI is InChI=1S/C68H64N2/c1-65-39-19-9-21-41-67(65,3)69(53-27-15-7-16-28-53)61-37-33-51(45-59(61)65)49-31-35-55-57(43-49)63(47-23-11-5-12-24-47)56-36-32-50(44-58(56)64(55)48-25-13-6-14-26-48)52-34-38-62-60(46-52)66(2)40-20-10-22-42-68(66,4)70(62)54-29-17-8-18-30-54/h5-8,11-18,23-38,43-46H,9-10,19-22,39-42H2,1-4H3. The summed E-state index contributed by atoms with van der Waals surface area (Å²) >= 11 is 0. The number of para-hydroxylation sites is 2. The van der Waals surface area contributed by atoms with Gasteiger partial charge in [0.25, 0.3) is 0 Å². The van der Waals surface area contributed by atoms with E-state index in [1.165, 1.54) is 164 Å². The van der Waals surface area contributed by atoms with Gasteiger partial charge in [0.2, 0.25) is 0 Å². The van der Waals surface area contributed by atoms with Gasteiger partial charge in [-0.05, 0) is 177 Å². The molecule has 0 saturated heterocycles. The Morgan fingerprint density at radius 3 is 1.04 bits per heavy atom. The largest absolute Gasteiger partial charge is 0.334 e. The number of rotatable bonds is 6. The van der Waals surface area contributed by atoms with Crippen molar-refractivity contribution in [2.75, 3.05) is 9.80 Å². The summed E-state index contributed by atoms with van der Waals surface area (Å²) in [7, 11) is 0. The van der Waals surface area contributed by atoms with Crippen LogP contribution in [0.15, 0.2) is 194 Å². The fourth-order valence-electron chi connectivity index (χ4n) is 14.6. The van der Waals surface area contributed by atoms with Crippen molar-refractivity contribution in [1.82, 2.24) is 0 Å². The Bertz CT molecular complexity index is 3220. The number of benzene rings is 9. The van der Waals surface area contributed by atoms with Gasteiger partial charge in [0.15, 0.2) is 0 Å². The summed E-state index contributed by atoms with van der Waals surface area (Å²) in [4.78, 5) is 5.41. The monoisotopic (exact) mass is 909 g/mol. The summed E-state index contributed by atoms with van der Waals surface area (Å²) in [6.45, 7) is 10.2. The first-order valence-corrected chi connectivity index (χ1v) is 26.4. The second-order valence-electron chi connectivity index (χ2n) is 22.1. The van der Waals surface area contributed by atoms with Crippen LogP contribution in [0.25, 0.3) is 66.1 Å². The Labute approximate surface area is 415 Å². The lowest BCUT2D eigenvalue weighted by Gasteiger charge is -2.46. The molecule has 9 aromatic rings. The number of hydrogen-bond donors (Lipinski definition) is 0. The van der Waals surface area contributed by atoms with Gasteiger partial charge in [0.05, 0.1) is 11.1 Å². The highest BCUT2D eigenvalue weighted by Gasteiger charge is 2.58. The van der Waals surface area contributed by atoms with E-state index in [-0.39, 0.29) is 21.9 Å². The molecule has 0 bridgehead atoms. The van der Waals surface area contributed by atoms with Gasteiger partial charge >= 0.3 is 0 Å². The number of anilines is 4. The maximum atomic E-state index is 2.70. The van der Waals surface area contributed by atoms with Crippen LogP contribution in [0.4, 0.5) is 22.7 Å². The Balaban J connectivity index is 1.01. The lowest BCUT2D eigenvalue weighted by Crippen LogP contribution is -2.52. The average Bonchev–Trinajstić information content (AvgIpc) is 3.51. The molecule has 2 aliphatic heterocycles. The Morgan fingerprint density at radius 2 is 0.643 bits per heavy atom. The molecule has 13 rings (SSSR count). The Morgan fingerprint density at radius 1 is 0.300 bits per heavy atom. The smallest absolute Gasteiger partial charge is 0.0517 e. The van der Waals surface area contributed by atoms with Crippen LogP contribution in [0.5, 0.6) is 0 Å². The first kappa shape index (κ1) is 43.1. The van der Waals surface area contributed by atoms with Crippen molar-refractivity contribution in [2.45, 2.75) is 114 Å². The number of hydrogen-bond acceptors (Lipinski definition) is 2. The van der Waals surface area contributed by atoms with E-state index in [0.717, 1.165) is 0 Å². The predicted molar refractivity (Wildman–Crippen MR) is 298 cm³/mol. The van der Waals surface area contributed by atoms with Crippen LogP contribution in [-0.4, -0.2) is 11.1 Å². The van der Waals surface area contributed by atoms with Gasteiger partial charge < -0.3 is 9.80 Å². The lowest BCUT2D eigenvalue weighted by molar-refractivity contribution is 0.261. The van der Waals surface area contributed by atoms with Crippen LogP contribution in [0, 0.1) is 0 Å². The molecule has 2 fully saturated rings. The van der Waals surface area contributed by atoms with E-state index in [1.54, 1.807) is 0 Å². The van der Waals surface area contributed by atoms with Gasteiger partial charge in [0, 0.05) is 33.6 Å². The summed E-state index contributed by atoms with van der Waals surface area (Å²) in [6.07, 6.45) is 12.4. The quantitative estimate of drug-likeness (QED) is 0.153. The molecule has 0 spiro atoms. The van der Waals surface area contributed by atoms with Gasteiger partial charge in [-0.15, -0.1) is 0 Å². The van der Waals surface area contributed by atoms with Crippen molar-refractivity contribution in [1.29, 1.82) is 0 Å². The van der Waals surface area contributed by atoms with Crippen LogP contribution in [0.3, 0.4) is 0 Å². The molecule has 2 aliphatic carbocycles. The first-order valence-electron chi connectivity index (χ1n) is 26.4. The van der Waals surface area contributed by atoms with Gasteiger partial charge in [-0.1, -0.05) is 186 Å². The summed E-state index contributed by atoms with van der Waals surface area (Å²) in [6, 6.07) is 74.2. The molecule has 0 radical (unpaired) electrons. The van der Waals surface area contributed by atoms with Gasteiger partial charge in [-0.25, -0.2) is 0 Å². The molecule has 2 heterocycles. The molecule has 2 heteroatoms. The number of nitrogens with zero attached hydrogens (tertiary/aromatic N) is 2. The minimum absolute atomic E-state index is 0.00583. The van der Waals surface area contributed by atoms with E-state index < -0.39 is 0 Å². The van der Waals surface area contributed by atoms with E-state index in [4.69, 9.17) is 0 Å². The molecule has 0 N–H and O–H groups in total. The molecule has 9 aromatic carbocycles. The third kappa shape index (κ3) is 6.30. The van der Waals surface area contributed by atoms with Gasteiger partial charge in [-0.3, -0.25) is 0 Å². The average molecular weight is 909 g/mol. The van der Waals surface area contributed by atoms with Crippen molar-refractivity contribution in [3.8, 4) is 44.5 Å². The third-order valence-corrected chi connectivity index (χ3v) is 18.6. The SMILES string of the molecule is CC12CCCCCC1(C)N(c1ccccc1)c1ccc(-c3ccc4c(-c5ccccc5)c5cc(-c6ccc7c(c6)C6(C)CCCCCC6(C)N7c6ccccc6)ccc5c(-c5ccccc5)c4c3)cc12. The molecule has 4 atom stereocenters. The van der Waals surface area contributed by atoms with E-state index in [9.17, 15) is 0 Å². The summed E-state index contributed by atoms with van der Waals surface area (Å²) in [5, 5.41) is 5.15. The summed E-state index contributed by atoms with van der Waals surface area (Å²) < 4.78 is 0. The molecule has 70 heavy (non-hydrogen) atoms. The topological polar surface area (TPSA) is 6.48 Å². The maximum Gasteiger partial charge on any atom is 0.0517 e. The van der Waals surface area contributed by atoms with Crippen LogP contribution < -0.4 is 9.80 Å². The second-order valence-corrected chi connectivity index (χ2v) is 22.1. The minimum atomic E-state index is -0.00583. The molecule has 0 amide bonds. The first-order chi connectivity index (χ1) is 34.2. The molecule has 2 saturated carbocycles. The normalized spacial score (nSPS) is 23.9. The highest BCUT2D eigenvalue weighted by atomic mass is 15.3. The van der Waals surface area contributed by atoms with Crippen LogP contribution >= 0.6 is 0 Å². The molecular weight excluding hydrogens is 845 g/mol. The predicted octanol–water partition coefficient (Wildman–Crippen LogP) is 18.9. The van der Waals surface area contributed by atoms with Crippen LogP contribution in [0.2, 0.25) is 0 Å². The number of fused-ring (bicyclic) bond motifs is 8. The zero-order valence-electron chi connectivity index (χ0n) is 41.4. The van der Waals surface area contributed by atoms with Crippen molar-refractivity contribution < 1.29 is 0 Å². The van der Waals surface area contributed by atoms with E-state index >= 15 is 0 Å². The molecule has 2 nitrogen and oxygen atoms in total. The van der Waals surface area contributed by atoms with Gasteiger partial charge in [0.1, 0.15) is 0 Å². The van der Waals surface area contributed by atoms with Crippen molar-refractivity contribution in [2.24, 2.45) is 0 Å². The van der Waals surface area contributed by atoms with Crippen molar-refractivity contribution in [3.63, 3.8) is 0 Å². The molecule has 0 aromatic heterocycles. The highest BCUT2D eigenvalue weighted by molar-refractivity contribution is 6.22. The molecule has 4 unspecified atom stereocenters. The van der Waals surface area contributed by atoms with Gasteiger partial charge in [-0.2, -0.15) is 0 Å². The highest BCUT2D eigenvalue weighted by Crippen LogP contribution is 2.62. The molecule has 4 aliphatic rings. The fraction of sp³-hybridized carbons (Fsp3) is 0.265. The maximum absolute atomic E-state index is 2.70. The Kier molecular flexibility index (Phi) is 10.1. The van der Waals surface area contributed by atoms with Crippen molar-refractivity contribution >= 4 is 44.3 Å². The minimum Gasteiger partial charge on any atom is -0.334 e. The molecular formula is C68H64N2. The summed E-state index contributed by atoms with van der Waals surface area (Å²) in [5.74, 6) is 0. The fourth-order valence-corrected chi connectivity index (χ4v) is 14.6. The molecule has 346 valence electrons. The zero-order chi connectivity index (χ0) is 47.2. The lowest BCUT2D eigenvalue weighted by atomic mass is 9.66. The van der Waals surface area contributed by atoms with Crippen LogP contribution in [0.1, 0.15) is 103 Å². The van der Waals surface area contributed by atoms with E-state index in [1.807, 2.05) is 0 Å². The van der Waals surface area contributed by atoms with Crippen LogP contribution in [-0.2, 0) is 10.8 Å². The summed E-state index contributed by atoms with van der Waals surface area (Å²) in [5.41, 5.74) is 18.6. The van der Waals surface area contributed by atoms with E-state index in [0.29, 0.717) is 0 Å². The van der Waals surface area contributed by atoms with Crippen molar-refractivity contribution in [3.05, 3.63) is 205 Å². The Hall–Kier alpha value is -6.90. The third-order valence-electron chi connectivity index (χ3n) is 18.6. The second kappa shape index (κ2) is 16.3. The van der Waals surface area contributed by atoms with E-state index in [2.05, 4.69) is 232 Å². The zero-order valence-corrected chi connectivity index (χ0v) is 41.4.